The second kappa shape index (κ2) is 4.89. The van der Waals surface area contributed by atoms with Crippen molar-refractivity contribution in [3.63, 3.8) is 0 Å². The van der Waals surface area contributed by atoms with Crippen LogP contribution in [-0.4, -0.2) is 26.2 Å². The molecular formula is C15H18N4O2. The maximum absolute atomic E-state index is 10.5. The molecule has 0 aliphatic carbocycles. The summed E-state index contributed by atoms with van der Waals surface area (Å²) in [7, 11) is 0. The fourth-order valence-electron chi connectivity index (χ4n) is 2.25. The van der Waals surface area contributed by atoms with Crippen LogP contribution in [0, 0.1) is 13.8 Å². The summed E-state index contributed by atoms with van der Waals surface area (Å²) < 4.78 is 7.26. The largest absolute Gasteiger partial charge is 0.463 e. The van der Waals surface area contributed by atoms with Crippen LogP contribution in [0.25, 0.3) is 5.52 Å². The van der Waals surface area contributed by atoms with Crippen molar-refractivity contribution < 1.29 is 9.52 Å². The Morgan fingerprint density at radius 2 is 2.19 bits per heavy atom. The van der Waals surface area contributed by atoms with Gasteiger partial charge < -0.3 is 14.8 Å². The number of furan rings is 1. The Labute approximate surface area is 122 Å². The molecule has 0 bridgehead atoms. The highest BCUT2D eigenvalue weighted by atomic mass is 16.4. The van der Waals surface area contributed by atoms with E-state index in [9.17, 15) is 5.11 Å². The van der Waals surface area contributed by atoms with Gasteiger partial charge in [0.25, 0.3) is 0 Å². The van der Waals surface area contributed by atoms with Crippen LogP contribution in [0.1, 0.15) is 24.1 Å². The van der Waals surface area contributed by atoms with Crippen LogP contribution in [0.3, 0.4) is 0 Å². The van der Waals surface area contributed by atoms with Crippen molar-refractivity contribution in [2.45, 2.75) is 26.4 Å². The van der Waals surface area contributed by atoms with E-state index >= 15 is 0 Å². The Hall–Kier alpha value is -2.34. The summed E-state index contributed by atoms with van der Waals surface area (Å²) >= 11 is 0. The fraction of sp³-hybridized carbons (Fsp3) is 0.333. The van der Waals surface area contributed by atoms with Gasteiger partial charge in [0, 0.05) is 12.4 Å². The highest BCUT2D eigenvalue weighted by Crippen LogP contribution is 2.24. The smallest absolute Gasteiger partial charge is 0.152 e. The number of hydrogen-bond acceptors (Lipinski definition) is 5. The molecule has 6 nitrogen and oxygen atoms in total. The van der Waals surface area contributed by atoms with E-state index in [1.165, 1.54) is 0 Å². The molecule has 1 atom stereocenters. The molecule has 110 valence electrons. The maximum atomic E-state index is 10.5. The van der Waals surface area contributed by atoms with Crippen LogP contribution in [0.5, 0.6) is 0 Å². The third kappa shape index (κ3) is 2.62. The van der Waals surface area contributed by atoms with Gasteiger partial charge in [-0.2, -0.15) is 5.10 Å². The van der Waals surface area contributed by atoms with Crippen molar-refractivity contribution in [3.05, 3.63) is 47.8 Å². The molecule has 0 radical (unpaired) electrons. The van der Waals surface area contributed by atoms with E-state index in [4.69, 9.17) is 4.42 Å². The normalized spacial score (nSPS) is 14.3. The molecule has 3 heterocycles. The zero-order chi connectivity index (χ0) is 15.0. The van der Waals surface area contributed by atoms with Crippen LogP contribution in [0.4, 0.5) is 5.82 Å². The number of aromatic nitrogens is 3. The lowest BCUT2D eigenvalue weighted by atomic mass is 10.0. The zero-order valence-corrected chi connectivity index (χ0v) is 12.3. The summed E-state index contributed by atoms with van der Waals surface area (Å²) in [5.74, 6) is 1.99. The van der Waals surface area contributed by atoms with Gasteiger partial charge in [-0.25, -0.2) is 9.50 Å². The van der Waals surface area contributed by atoms with Gasteiger partial charge >= 0.3 is 0 Å². The van der Waals surface area contributed by atoms with E-state index in [1.54, 1.807) is 29.9 Å². The Morgan fingerprint density at radius 1 is 1.38 bits per heavy atom. The van der Waals surface area contributed by atoms with Gasteiger partial charge in [0.2, 0.25) is 0 Å². The average molecular weight is 286 g/mol. The molecule has 21 heavy (non-hydrogen) atoms. The summed E-state index contributed by atoms with van der Waals surface area (Å²) in [4.78, 5) is 4.31. The summed E-state index contributed by atoms with van der Waals surface area (Å²) in [6.45, 7) is 5.78. The summed E-state index contributed by atoms with van der Waals surface area (Å²) in [5.41, 5.74) is 0.679. The fourth-order valence-corrected chi connectivity index (χ4v) is 2.25. The van der Waals surface area contributed by atoms with Gasteiger partial charge in [-0.05, 0) is 39.0 Å². The molecule has 0 saturated carbocycles. The summed E-state index contributed by atoms with van der Waals surface area (Å²) in [6, 6.07) is 5.57. The molecule has 0 aromatic carbocycles. The lowest BCUT2D eigenvalue weighted by Gasteiger charge is -2.21. The van der Waals surface area contributed by atoms with Gasteiger partial charge in [-0.3, -0.25) is 0 Å². The SMILES string of the molecule is Cc1cc2c(NCC(C)(O)c3ccc(C)o3)nccn2n1. The minimum atomic E-state index is -1.11. The number of rotatable bonds is 4. The molecule has 0 spiro atoms. The second-order valence-corrected chi connectivity index (χ2v) is 5.43. The first-order valence-corrected chi connectivity index (χ1v) is 6.80. The molecule has 2 N–H and O–H groups in total. The van der Waals surface area contributed by atoms with E-state index in [1.807, 2.05) is 26.0 Å². The van der Waals surface area contributed by atoms with Crippen LogP contribution in [0.2, 0.25) is 0 Å². The molecule has 3 rings (SSSR count). The van der Waals surface area contributed by atoms with Crippen molar-refractivity contribution in [3.8, 4) is 0 Å². The lowest BCUT2D eigenvalue weighted by molar-refractivity contribution is 0.0467. The van der Waals surface area contributed by atoms with Crippen molar-refractivity contribution in [2.75, 3.05) is 11.9 Å². The number of anilines is 1. The predicted molar refractivity (Wildman–Crippen MR) is 79.2 cm³/mol. The number of nitrogens with zero attached hydrogens (tertiary/aromatic N) is 3. The third-order valence-corrected chi connectivity index (χ3v) is 3.38. The lowest BCUT2D eigenvalue weighted by Crippen LogP contribution is -2.30. The topological polar surface area (TPSA) is 75.6 Å². The first-order chi connectivity index (χ1) is 9.95. The standard InChI is InChI=1S/C15H18N4O2/c1-10-8-12-14(16-6-7-19(12)18-10)17-9-15(3,20)13-5-4-11(2)21-13/h4-8,20H,9H2,1-3H3,(H,16,17). The molecular weight excluding hydrogens is 268 g/mol. The molecule has 3 aromatic rings. The minimum Gasteiger partial charge on any atom is -0.463 e. The predicted octanol–water partition coefficient (Wildman–Crippen LogP) is 2.26. The molecule has 0 aliphatic rings. The van der Waals surface area contributed by atoms with E-state index in [0.29, 0.717) is 11.6 Å². The molecule has 6 heteroatoms. The van der Waals surface area contributed by atoms with Gasteiger partial charge in [0.15, 0.2) is 5.82 Å². The first-order valence-electron chi connectivity index (χ1n) is 6.80. The Kier molecular flexibility index (Phi) is 3.17. The quantitative estimate of drug-likeness (QED) is 0.769. The third-order valence-electron chi connectivity index (χ3n) is 3.38. The zero-order valence-electron chi connectivity index (χ0n) is 12.3. The van der Waals surface area contributed by atoms with E-state index < -0.39 is 5.60 Å². The van der Waals surface area contributed by atoms with Crippen molar-refractivity contribution in [1.29, 1.82) is 0 Å². The molecule has 0 amide bonds. The Balaban J connectivity index is 1.83. The van der Waals surface area contributed by atoms with Crippen LogP contribution in [-0.2, 0) is 5.60 Å². The van der Waals surface area contributed by atoms with Gasteiger partial charge in [-0.1, -0.05) is 0 Å². The maximum Gasteiger partial charge on any atom is 0.152 e. The first kappa shape index (κ1) is 13.6. The molecule has 0 saturated heterocycles. The second-order valence-electron chi connectivity index (χ2n) is 5.43. The average Bonchev–Trinajstić information content (AvgIpc) is 3.01. The number of aryl methyl sites for hydroxylation is 2. The van der Waals surface area contributed by atoms with Crippen LogP contribution in [0.15, 0.2) is 35.0 Å². The van der Waals surface area contributed by atoms with Gasteiger partial charge in [0.05, 0.1) is 12.2 Å². The van der Waals surface area contributed by atoms with Crippen LogP contribution < -0.4 is 5.32 Å². The van der Waals surface area contributed by atoms with Gasteiger partial charge in [0.1, 0.15) is 22.6 Å². The number of aliphatic hydroxyl groups is 1. The number of hydrogen-bond donors (Lipinski definition) is 2. The summed E-state index contributed by atoms with van der Waals surface area (Å²) in [6.07, 6.45) is 3.47. The molecule has 0 fully saturated rings. The van der Waals surface area contributed by atoms with Crippen molar-refractivity contribution in [1.82, 2.24) is 14.6 Å². The number of fused-ring (bicyclic) bond motifs is 1. The highest BCUT2D eigenvalue weighted by molar-refractivity contribution is 5.67. The Morgan fingerprint density at radius 3 is 2.90 bits per heavy atom. The van der Waals surface area contributed by atoms with Gasteiger partial charge in [-0.15, -0.1) is 0 Å². The molecule has 3 aromatic heterocycles. The van der Waals surface area contributed by atoms with E-state index in [-0.39, 0.29) is 6.54 Å². The van der Waals surface area contributed by atoms with E-state index in [0.717, 1.165) is 17.0 Å². The minimum absolute atomic E-state index is 0.289. The highest BCUT2D eigenvalue weighted by Gasteiger charge is 2.27. The monoisotopic (exact) mass is 286 g/mol. The molecule has 0 aliphatic heterocycles. The summed E-state index contributed by atoms with van der Waals surface area (Å²) in [5, 5.41) is 18.0. The van der Waals surface area contributed by atoms with Crippen molar-refractivity contribution >= 4 is 11.3 Å². The number of nitrogens with one attached hydrogen (secondary N) is 1. The molecule has 1 unspecified atom stereocenters. The Bertz CT molecular complexity index is 773. The van der Waals surface area contributed by atoms with Crippen molar-refractivity contribution in [2.24, 2.45) is 0 Å². The van der Waals surface area contributed by atoms with E-state index in [2.05, 4.69) is 15.4 Å². The van der Waals surface area contributed by atoms with Crippen LogP contribution >= 0.6 is 0 Å².